The summed E-state index contributed by atoms with van der Waals surface area (Å²) in [5.41, 5.74) is 2.89. The molecule has 1 spiro atoms. The highest BCUT2D eigenvalue weighted by molar-refractivity contribution is 7.09. The number of thiazole rings is 1. The van der Waals surface area contributed by atoms with Gasteiger partial charge in [0.15, 0.2) is 5.69 Å². The third kappa shape index (κ3) is 2.51. The first-order chi connectivity index (χ1) is 11.6. The number of hydrogen-bond acceptors (Lipinski definition) is 4. The number of carbonyl (C=O) groups is 2. The van der Waals surface area contributed by atoms with Crippen molar-refractivity contribution in [1.82, 2.24) is 10.3 Å². The zero-order valence-corrected chi connectivity index (χ0v) is 13.9. The number of aryl methyl sites for hydroxylation is 1. The normalized spacial score (nSPS) is 23.9. The molecule has 1 fully saturated rings. The van der Waals surface area contributed by atoms with Gasteiger partial charge in [-0.05, 0) is 30.4 Å². The predicted octanol–water partition coefficient (Wildman–Crippen LogP) is 2.40. The molecule has 0 radical (unpaired) electrons. The summed E-state index contributed by atoms with van der Waals surface area (Å²) in [5.74, 6) is -0.824. The van der Waals surface area contributed by atoms with E-state index in [1.807, 2.05) is 0 Å². The van der Waals surface area contributed by atoms with Crippen LogP contribution in [0.15, 0.2) is 29.6 Å². The second kappa shape index (κ2) is 5.70. The molecular formula is C18H18N2O3S. The van der Waals surface area contributed by atoms with Crippen LogP contribution in [0.2, 0.25) is 0 Å². The molecule has 124 valence electrons. The molecule has 1 heterocycles. The zero-order valence-electron chi connectivity index (χ0n) is 13.1. The Bertz CT molecular complexity index is 816. The number of aromatic nitrogens is 1. The summed E-state index contributed by atoms with van der Waals surface area (Å²) in [6, 6.07) is 8.45. The van der Waals surface area contributed by atoms with E-state index >= 15 is 0 Å². The van der Waals surface area contributed by atoms with Crippen molar-refractivity contribution in [2.75, 3.05) is 6.54 Å². The molecule has 1 aromatic carbocycles. The molecule has 1 amide bonds. The van der Waals surface area contributed by atoms with Gasteiger partial charge in [-0.25, -0.2) is 9.78 Å². The molecule has 5 nitrogen and oxygen atoms in total. The van der Waals surface area contributed by atoms with Crippen LogP contribution in [0.4, 0.5) is 0 Å². The Morgan fingerprint density at radius 2 is 2.21 bits per heavy atom. The second-order valence-electron chi connectivity index (χ2n) is 6.54. The molecule has 24 heavy (non-hydrogen) atoms. The molecular weight excluding hydrogens is 324 g/mol. The molecule has 0 aliphatic heterocycles. The number of aromatic carboxylic acids is 1. The highest BCUT2D eigenvalue weighted by atomic mass is 32.1. The van der Waals surface area contributed by atoms with E-state index in [2.05, 4.69) is 34.6 Å². The van der Waals surface area contributed by atoms with Crippen LogP contribution in [0.5, 0.6) is 0 Å². The Kier molecular flexibility index (Phi) is 3.64. The Morgan fingerprint density at radius 3 is 3.00 bits per heavy atom. The summed E-state index contributed by atoms with van der Waals surface area (Å²) in [6.07, 6.45) is 3.65. The number of amides is 1. The van der Waals surface area contributed by atoms with E-state index in [1.165, 1.54) is 27.8 Å². The summed E-state index contributed by atoms with van der Waals surface area (Å²) in [5, 5.41) is 14.1. The average Bonchev–Trinajstić information content (AvgIpc) is 2.92. The molecule has 2 N–H and O–H groups in total. The third-order valence-electron chi connectivity index (χ3n) is 5.19. The maximum absolute atomic E-state index is 12.5. The van der Waals surface area contributed by atoms with Gasteiger partial charge in [-0.3, -0.25) is 4.79 Å². The van der Waals surface area contributed by atoms with Crippen LogP contribution in [0, 0.1) is 5.92 Å². The van der Waals surface area contributed by atoms with Crippen molar-refractivity contribution in [3.05, 3.63) is 51.5 Å². The first-order valence-corrected chi connectivity index (χ1v) is 9.02. The summed E-state index contributed by atoms with van der Waals surface area (Å²) in [7, 11) is 0. The summed E-state index contributed by atoms with van der Waals surface area (Å²) in [4.78, 5) is 27.3. The van der Waals surface area contributed by atoms with Crippen LogP contribution in [-0.4, -0.2) is 28.5 Å². The fourth-order valence-electron chi connectivity index (χ4n) is 3.88. The number of nitrogens with zero attached hydrogens (tertiary/aromatic N) is 1. The highest BCUT2D eigenvalue weighted by Gasteiger charge is 2.61. The lowest BCUT2D eigenvalue weighted by molar-refractivity contribution is -0.122. The standard InChI is InChI=1S/C18H18N2O3S/c21-16(19-8-6-15-20-14(10-24-15)17(22)23)13-9-18(13)7-5-11-3-1-2-4-12(11)18/h1-4,10,13H,5-9H2,(H,19,21)(H,22,23)/t13-,18+/m1/s1. The van der Waals surface area contributed by atoms with Crippen molar-refractivity contribution >= 4 is 23.2 Å². The smallest absolute Gasteiger partial charge is 0.355 e. The van der Waals surface area contributed by atoms with E-state index in [1.54, 1.807) is 0 Å². The van der Waals surface area contributed by atoms with Crippen molar-refractivity contribution in [2.24, 2.45) is 5.92 Å². The second-order valence-corrected chi connectivity index (χ2v) is 7.49. The van der Waals surface area contributed by atoms with Gasteiger partial charge in [0.1, 0.15) is 0 Å². The maximum atomic E-state index is 12.5. The van der Waals surface area contributed by atoms with Crippen LogP contribution in [-0.2, 0) is 23.1 Å². The Hall–Kier alpha value is -2.21. The lowest BCUT2D eigenvalue weighted by Crippen LogP contribution is -2.29. The quantitative estimate of drug-likeness (QED) is 0.874. The predicted molar refractivity (Wildman–Crippen MR) is 90.3 cm³/mol. The number of carbonyl (C=O) groups excluding carboxylic acids is 1. The maximum Gasteiger partial charge on any atom is 0.355 e. The molecule has 4 rings (SSSR count). The fourth-order valence-corrected chi connectivity index (χ4v) is 4.65. The summed E-state index contributed by atoms with van der Waals surface area (Å²) in [6.45, 7) is 0.500. The molecule has 6 heteroatoms. The van der Waals surface area contributed by atoms with E-state index in [0.29, 0.717) is 13.0 Å². The number of nitrogens with one attached hydrogen (secondary N) is 1. The van der Waals surface area contributed by atoms with Crippen molar-refractivity contribution < 1.29 is 14.7 Å². The molecule has 0 unspecified atom stereocenters. The van der Waals surface area contributed by atoms with E-state index in [-0.39, 0.29) is 22.9 Å². The van der Waals surface area contributed by atoms with Gasteiger partial charge in [-0.15, -0.1) is 11.3 Å². The van der Waals surface area contributed by atoms with Crippen LogP contribution in [0.3, 0.4) is 0 Å². The minimum absolute atomic E-state index is 0.0678. The van der Waals surface area contributed by atoms with Crippen LogP contribution in [0.1, 0.15) is 39.5 Å². The highest BCUT2D eigenvalue weighted by Crippen LogP contribution is 2.61. The van der Waals surface area contributed by atoms with Crippen LogP contribution in [0.25, 0.3) is 0 Å². The SMILES string of the molecule is O=C(O)c1csc(CCNC(=O)[C@H]2C[C@]23CCc2ccccc23)n1. The van der Waals surface area contributed by atoms with Crippen molar-refractivity contribution in [2.45, 2.75) is 31.1 Å². The molecule has 2 atom stereocenters. The van der Waals surface area contributed by atoms with Gasteiger partial charge in [0.25, 0.3) is 0 Å². The lowest BCUT2D eigenvalue weighted by Gasteiger charge is -2.11. The lowest BCUT2D eigenvalue weighted by atomic mass is 9.95. The largest absolute Gasteiger partial charge is 0.476 e. The van der Waals surface area contributed by atoms with Gasteiger partial charge in [0.2, 0.25) is 5.91 Å². The van der Waals surface area contributed by atoms with E-state index in [0.717, 1.165) is 24.3 Å². The van der Waals surface area contributed by atoms with Gasteiger partial charge < -0.3 is 10.4 Å². The number of hydrogen-bond donors (Lipinski definition) is 2. The first kappa shape index (κ1) is 15.3. The molecule has 2 aliphatic carbocycles. The first-order valence-electron chi connectivity index (χ1n) is 8.14. The summed E-state index contributed by atoms with van der Waals surface area (Å²) >= 11 is 1.32. The number of carboxylic acids is 1. The number of benzene rings is 1. The minimum Gasteiger partial charge on any atom is -0.476 e. The molecule has 2 aromatic rings. The van der Waals surface area contributed by atoms with Crippen LogP contribution >= 0.6 is 11.3 Å². The molecule has 1 saturated carbocycles. The number of fused-ring (bicyclic) bond motifs is 2. The minimum atomic E-state index is -1.01. The average molecular weight is 342 g/mol. The number of carboxylic acid groups (broad SMARTS) is 1. The van der Waals surface area contributed by atoms with Gasteiger partial charge in [-0.1, -0.05) is 24.3 Å². The van der Waals surface area contributed by atoms with Gasteiger partial charge >= 0.3 is 5.97 Å². The van der Waals surface area contributed by atoms with E-state index < -0.39 is 5.97 Å². The Morgan fingerprint density at radius 1 is 1.38 bits per heavy atom. The van der Waals surface area contributed by atoms with Gasteiger partial charge in [-0.2, -0.15) is 0 Å². The molecule has 1 aromatic heterocycles. The molecule has 0 bridgehead atoms. The number of rotatable bonds is 5. The monoisotopic (exact) mass is 342 g/mol. The topological polar surface area (TPSA) is 79.3 Å². The zero-order chi connectivity index (χ0) is 16.7. The van der Waals surface area contributed by atoms with Gasteiger partial charge in [0.05, 0.1) is 5.01 Å². The third-order valence-corrected chi connectivity index (χ3v) is 6.10. The summed E-state index contributed by atoms with van der Waals surface area (Å²) < 4.78 is 0. The Labute approximate surface area is 143 Å². The van der Waals surface area contributed by atoms with Crippen molar-refractivity contribution in [3.63, 3.8) is 0 Å². The molecule has 0 saturated heterocycles. The Balaban J connectivity index is 1.33. The van der Waals surface area contributed by atoms with Crippen molar-refractivity contribution in [1.29, 1.82) is 0 Å². The van der Waals surface area contributed by atoms with E-state index in [4.69, 9.17) is 5.11 Å². The van der Waals surface area contributed by atoms with Gasteiger partial charge in [0, 0.05) is 29.7 Å². The van der Waals surface area contributed by atoms with Crippen molar-refractivity contribution in [3.8, 4) is 0 Å². The fraction of sp³-hybridized carbons (Fsp3) is 0.389. The van der Waals surface area contributed by atoms with E-state index in [9.17, 15) is 9.59 Å². The van der Waals surface area contributed by atoms with Crippen LogP contribution < -0.4 is 5.32 Å². The molecule has 2 aliphatic rings.